The van der Waals surface area contributed by atoms with E-state index in [-0.39, 0.29) is 30.9 Å². The maximum absolute atomic E-state index is 11.9. The lowest BCUT2D eigenvalue weighted by molar-refractivity contribution is -0.139. The highest BCUT2D eigenvalue weighted by molar-refractivity contribution is 5.77. The van der Waals surface area contributed by atoms with Crippen LogP contribution in [0.15, 0.2) is 24.3 Å². The molecule has 1 aromatic carbocycles. The standard InChI is InChI=1S/C18H25NO4/c1-13-3-7-15(8-4-13)19-17(20)12-23-16-9-5-14(6-10-16)11-18(21)22-2/h5-6,9-10,13,15H,3-4,7-8,11-12H2,1-2H3,(H,19,20). The summed E-state index contributed by atoms with van der Waals surface area (Å²) in [5, 5.41) is 3.03. The van der Waals surface area contributed by atoms with Crippen LogP contribution in [-0.4, -0.2) is 31.6 Å². The Balaban J connectivity index is 1.72. The zero-order chi connectivity index (χ0) is 16.7. The van der Waals surface area contributed by atoms with Gasteiger partial charge in [0.2, 0.25) is 0 Å². The van der Waals surface area contributed by atoms with Gasteiger partial charge in [-0.25, -0.2) is 0 Å². The van der Waals surface area contributed by atoms with E-state index in [2.05, 4.69) is 17.0 Å². The van der Waals surface area contributed by atoms with Crippen LogP contribution in [0, 0.1) is 5.92 Å². The summed E-state index contributed by atoms with van der Waals surface area (Å²) in [6.07, 6.45) is 4.68. The molecule has 1 amide bonds. The van der Waals surface area contributed by atoms with Gasteiger partial charge in [-0.1, -0.05) is 19.1 Å². The Morgan fingerprint density at radius 3 is 2.39 bits per heavy atom. The molecular weight excluding hydrogens is 294 g/mol. The molecular formula is C18H25NO4. The van der Waals surface area contributed by atoms with Gasteiger partial charge in [0.15, 0.2) is 6.61 Å². The monoisotopic (exact) mass is 319 g/mol. The summed E-state index contributed by atoms with van der Waals surface area (Å²) in [6, 6.07) is 7.39. The number of carbonyl (C=O) groups is 2. The Morgan fingerprint density at radius 2 is 1.78 bits per heavy atom. The molecule has 1 aromatic rings. The van der Waals surface area contributed by atoms with E-state index >= 15 is 0 Å². The molecule has 23 heavy (non-hydrogen) atoms. The minimum Gasteiger partial charge on any atom is -0.484 e. The minimum atomic E-state index is -0.278. The molecule has 0 bridgehead atoms. The van der Waals surface area contributed by atoms with Gasteiger partial charge in [-0.05, 0) is 49.3 Å². The quantitative estimate of drug-likeness (QED) is 0.818. The average Bonchev–Trinajstić information content (AvgIpc) is 2.56. The SMILES string of the molecule is COC(=O)Cc1ccc(OCC(=O)NC2CCC(C)CC2)cc1. The third-order valence-corrected chi connectivity index (χ3v) is 4.25. The molecule has 1 N–H and O–H groups in total. The molecule has 1 saturated carbocycles. The Labute approximate surface area is 137 Å². The van der Waals surface area contributed by atoms with E-state index in [0.717, 1.165) is 24.3 Å². The number of carbonyl (C=O) groups excluding carboxylic acids is 2. The predicted octanol–water partition coefficient (Wildman–Crippen LogP) is 2.48. The molecule has 0 aliphatic heterocycles. The lowest BCUT2D eigenvalue weighted by atomic mass is 9.87. The summed E-state index contributed by atoms with van der Waals surface area (Å²) in [6.45, 7) is 2.27. The topological polar surface area (TPSA) is 64.6 Å². The second kappa shape index (κ2) is 8.56. The Bertz CT molecular complexity index is 518. The zero-order valence-electron chi connectivity index (χ0n) is 13.8. The molecule has 1 aliphatic rings. The highest BCUT2D eigenvalue weighted by Gasteiger charge is 2.19. The number of hydrogen-bond donors (Lipinski definition) is 1. The normalized spacial score (nSPS) is 20.6. The lowest BCUT2D eigenvalue weighted by Crippen LogP contribution is -2.39. The van der Waals surface area contributed by atoms with Gasteiger partial charge in [-0.2, -0.15) is 0 Å². The molecule has 0 heterocycles. The van der Waals surface area contributed by atoms with Gasteiger partial charge in [0.1, 0.15) is 5.75 Å². The van der Waals surface area contributed by atoms with Crippen molar-refractivity contribution < 1.29 is 19.1 Å². The molecule has 0 unspecified atom stereocenters. The Hall–Kier alpha value is -2.04. The van der Waals surface area contributed by atoms with Crippen molar-refractivity contribution >= 4 is 11.9 Å². The molecule has 0 aromatic heterocycles. The number of benzene rings is 1. The molecule has 0 radical (unpaired) electrons. The number of amides is 1. The van der Waals surface area contributed by atoms with E-state index in [4.69, 9.17) is 4.74 Å². The van der Waals surface area contributed by atoms with Crippen LogP contribution in [0.5, 0.6) is 5.75 Å². The van der Waals surface area contributed by atoms with Gasteiger partial charge in [0.05, 0.1) is 13.5 Å². The molecule has 2 rings (SSSR count). The molecule has 0 saturated heterocycles. The van der Waals surface area contributed by atoms with E-state index in [9.17, 15) is 9.59 Å². The van der Waals surface area contributed by atoms with Crippen LogP contribution in [0.1, 0.15) is 38.2 Å². The third-order valence-electron chi connectivity index (χ3n) is 4.25. The van der Waals surface area contributed by atoms with Gasteiger partial charge in [0.25, 0.3) is 5.91 Å². The van der Waals surface area contributed by atoms with Gasteiger partial charge in [-0.15, -0.1) is 0 Å². The van der Waals surface area contributed by atoms with Crippen molar-refractivity contribution in [2.75, 3.05) is 13.7 Å². The number of ether oxygens (including phenoxy) is 2. The van der Waals surface area contributed by atoms with Crippen molar-refractivity contribution in [3.63, 3.8) is 0 Å². The molecule has 5 heteroatoms. The molecule has 5 nitrogen and oxygen atoms in total. The number of esters is 1. The van der Waals surface area contributed by atoms with Crippen LogP contribution in [0.2, 0.25) is 0 Å². The van der Waals surface area contributed by atoms with Crippen LogP contribution in [0.3, 0.4) is 0 Å². The first-order chi connectivity index (χ1) is 11.1. The second-order valence-electron chi connectivity index (χ2n) is 6.21. The minimum absolute atomic E-state index is 0.0163. The van der Waals surface area contributed by atoms with Crippen molar-refractivity contribution in [1.82, 2.24) is 5.32 Å². The number of nitrogens with one attached hydrogen (secondary N) is 1. The largest absolute Gasteiger partial charge is 0.484 e. The van der Waals surface area contributed by atoms with Crippen LogP contribution >= 0.6 is 0 Å². The van der Waals surface area contributed by atoms with Crippen LogP contribution in [-0.2, 0) is 20.7 Å². The van der Waals surface area contributed by atoms with E-state index in [1.807, 2.05) is 0 Å². The molecule has 0 atom stereocenters. The number of methoxy groups -OCH3 is 1. The summed E-state index contributed by atoms with van der Waals surface area (Å²) in [7, 11) is 1.37. The summed E-state index contributed by atoms with van der Waals surface area (Å²) in [4.78, 5) is 23.1. The fourth-order valence-corrected chi connectivity index (χ4v) is 2.77. The van der Waals surface area contributed by atoms with Crippen LogP contribution in [0.25, 0.3) is 0 Å². The first-order valence-electron chi connectivity index (χ1n) is 8.14. The molecule has 1 aliphatic carbocycles. The van der Waals surface area contributed by atoms with Gasteiger partial charge >= 0.3 is 5.97 Å². The van der Waals surface area contributed by atoms with Gasteiger partial charge in [0, 0.05) is 6.04 Å². The maximum atomic E-state index is 11.9. The molecule has 126 valence electrons. The van der Waals surface area contributed by atoms with Crippen molar-refractivity contribution in [3.8, 4) is 5.75 Å². The average molecular weight is 319 g/mol. The van der Waals surface area contributed by atoms with Gasteiger partial charge in [-0.3, -0.25) is 9.59 Å². The predicted molar refractivity (Wildman–Crippen MR) is 87.2 cm³/mol. The van der Waals surface area contributed by atoms with Crippen LogP contribution in [0.4, 0.5) is 0 Å². The number of rotatable bonds is 6. The lowest BCUT2D eigenvalue weighted by Gasteiger charge is -2.26. The Kier molecular flexibility index (Phi) is 6.44. The third kappa shape index (κ3) is 5.93. The first-order valence-corrected chi connectivity index (χ1v) is 8.14. The fourth-order valence-electron chi connectivity index (χ4n) is 2.77. The summed E-state index contributed by atoms with van der Waals surface area (Å²) < 4.78 is 10.1. The van der Waals surface area contributed by atoms with E-state index in [1.165, 1.54) is 20.0 Å². The van der Waals surface area contributed by atoms with E-state index in [1.54, 1.807) is 24.3 Å². The van der Waals surface area contributed by atoms with Crippen molar-refractivity contribution in [3.05, 3.63) is 29.8 Å². The van der Waals surface area contributed by atoms with E-state index in [0.29, 0.717) is 5.75 Å². The van der Waals surface area contributed by atoms with Gasteiger partial charge < -0.3 is 14.8 Å². The van der Waals surface area contributed by atoms with Crippen molar-refractivity contribution in [2.24, 2.45) is 5.92 Å². The highest BCUT2D eigenvalue weighted by atomic mass is 16.5. The summed E-state index contributed by atoms with van der Waals surface area (Å²) in [5.41, 5.74) is 0.852. The summed E-state index contributed by atoms with van der Waals surface area (Å²) >= 11 is 0. The molecule has 1 fully saturated rings. The van der Waals surface area contributed by atoms with Crippen molar-refractivity contribution in [1.29, 1.82) is 0 Å². The smallest absolute Gasteiger partial charge is 0.309 e. The van der Waals surface area contributed by atoms with Crippen LogP contribution < -0.4 is 10.1 Å². The highest BCUT2D eigenvalue weighted by Crippen LogP contribution is 2.23. The second-order valence-corrected chi connectivity index (χ2v) is 6.21. The summed E-state index contributed by atoms with van der Waals surface area (Å²) in [5.74, 6) is 1.02. The fraction of sp³-hybridized carbons (Fsp3) is 0.556. The zero-order valence-corrected chi connectivity index (χ0v) is 13.8. The maximum Gasteiger partial charge on any atom is 0.309 e. The number of hydrogen-bond acceptors (Lipinski definition) is 4. The first kappa shape index (κ1) is 17.3. The molecule has 0 spiro atoms. The Morgan fingerprint density at radius 1 is 1.13 bits per heavy atom. The van der Waals surface area contributed by atoms with E-state index < -0.39 is 0 Å². The van der Waals surface area contributed by atoms with Crippen molar-refractivity contribution in [2.45, 2.75) is 45.1 Å².